The number of carbonyl (C=O) groups is 2. The summed E-state index contributed by atoms with van der Waals surface area (Å²) < 4.78 is 16.0. The first-order chi connectivity index (χ1) is 20.6. The van der Waals surface area contributed by atoms with Crippen molar-refractivity contribution in [2.45, 2.75) is 12.8 Å². The van der Waals surface area contributed by atoms with Gasteiger partial charge in [0.1, 0.15) is 0 Å². The van der Waals surface area contributed by atoms with Crippen LogP contribution in [-0.2, 0) is 14.2 Å². The van der Waals surface area contributed by atoms with Crippen LogP contribution < -0.4 is 16.0 Å². The second-order valence-corrected chi connectivity index (χ2v) is 9.04. The van der Waals surface area contributed by atoms with Crippen molar-refractivity contribution in [3.8, 4) is 0 Å². The van der Waals surface area contributed by atoms with E-state index in [0.29, 0.717) is 74.9 Å². The number of ketones is 1. The van der Waals surface area contributed by atoms with E-state index in [-0.39, 0.29) is 5.78 Å². The van der Waals surface area contributed by atoms with E-state index in [1.807, 2.05) is 60.7 Å². The van der Waals surface area contributed by atoms with E-state index in [4.69, 9.17) is 14.2 Å². The number of ether oxygens (including phenoxy) is 3. The Bertz CT molecular complexity index is 1400. The zero-order valence-corrected chi connectivity index (χ0v) is 23.4. The number of hydrogen-bond donors (Lipinski definition) is 3. The number of para-hydroxylation sites is 1. The van der Waals surface area contributed by atoms with Gasteiger partial charge in [-0.15, -0.1) is 0 Å². The molecule has 0 aliphatic rings. The molecule has 0 amide bonds. The zero-order valence-electron chi connectivity index (χ0n) is 23.4. The van der Waals surface area contributed by atoms with E-state index in [1.54, 1.807) is 24.3 Å². The molecule has 0 saturated carbocycles. The summed E-state index contributed by atoms with van der Waals surface area (Å²) in [6.45, 7) is 2.26. The molecule has 4 rings (SSSR count). The minimum absolute atomic E-state index is 0.122. The van der Waals surface area contributed by atoms with Gasteiger partial charge in [0.25, 0.3) is 0 Å². The van der Waals surface area contributed by atoms with Crippen molar-refractivity contribution in [1.82, 2.24) is 15.0 Å². The maximum Gasteiger partial charge on any atom is 0.337 e. The van der Waals surface area contributed by atoms with E-state index in [0.717, 1.165) is 11.3 Å². The number of Topliss-reactive ketones (excluding diaryl/α,β-unsaturated/α-hetero) is 1. The minimum Gasteiger partial charge on any atom is -0.465 e. The highest BCUT2D eigenvalue weighted by Crippen LogP contribution is 2.19. The number of esters is 1. The number of methoxy groups -OCH3 is 1. The predicted molar refractivity (Wildman–Crippen MR) is 161 cm³/mol. The van der Waals surface area contributed by atoms with Crippen molar-refractivity contribution < 1.29 is 23.8 Å². The lowest BCUT2D eigenvalue weighted by molar-refractivity contribution is 0.0497. The summed E-state index contributed by atoms with van der Waals surface area (Å²) in [7, 11) is 1.34. The van der Waals surface area contributed by atoms with E-state index >= 15 is 0 Å². The van der Waals surface area contributed by atoms with Gasteiger partial charge in [0.15, 0.2) is 5.78 Å². The van der Waals surface area contributed by atoms with Crippen LogP contribution in [-0.4, -0.2) is 66.8 Å². The lowest BCUT2D eigenvalue weighted by Crippen LogP contribution is -2.15. The van der Waals surface area contributed by atoms with Gasteiger partial charge in [-0.1, -0.05) is 48.5 Å². The van der Waals surface area contributed by atoms with Crippen LogP contribution in [0.15, 0.2) is 84.9 Å². The van der Waals surface area contributed by atoms with E-state index in [1.165, 1.54) is 7.11 Å². The van der Waals surface area contributed by atoms with Gasteiger partial charge < -0.3 is 30.2 Å². The number of nitrogens with zero attached hydrogens (tertiary/aromatic N) is 3. The van der Waals surface area contributed by atoms with Crippen LogP contribution >= 0.6 is 0 Å². The molecule has 3 N–H and O–H groups in total. The van der Waals surface area contributed by atoms with E-state index in [2.05, 4.69) is 30.9 Å². The summed E-state index contributed by atoms with van der Waals surface area (Å²) in [4.78, 5) is 37.2. The fourth-order valence-electron chi connectivity index (χ4n) is 3.81. The molecule has 1 heterocycles. The van der Waals surface area contributed by atoms with Gasteiger partial charge in [-0.3, -0.25) is 4.79 Å². The van der Waals surface area contributed by atoms with Crippen LogP contribution in [0.1, 0.15) is 33.6 Å². The molecule has 0 unspecified atom stereocenters. The first-order valence-electron chi connectivity index (χ1n) is 13.6. The molecule has 0 aliphatic heterocycles. The van der Waals surface area contributed by atoms with E-state index in [9.17, 15) is 9.59 Å². The van der Waals surface area contributed by atoms with Gasteiger partial charge in [0.05, 0.1) is 32.5 Å². The fraction of sp³-hybridized carbons (Fsp3) is 0.258. The van der Waals surface area contributed by atoms with Crippen LogP contribution in [0.25, 0.3) is 0 Å². The Morgan fingerprint density at radius 3 is 1.86 bits per heavy atom. The SMILES string of the molecule is COC(=O)c1ccc(Nc2nc(NCCOCCOCCCC(=O)c3ccccc3)nc(Nc3ccccc3)n2)cc1. The maximum atomic E-state index is 12.1. The molecule has 218 valence electrons. The Labute approximate surface area is 244 Å². The zero-order chi connectivity index (χ0) is 29.4. The van der Waals surface area contributed by atoms with Gasteiger partial charge >= 0.3 is 5.97 Å². The van der Waals surface area contributed by atoms with Crippen LogP contribution in [0.4, 0.5) is 29.2 Å². The van der Waals surface area contributed by atoms with Crippen LogP contribution in [0.5, 0.6) is 0 Å². The van der Waals surface area contributed by atoms with Crippen molar-refractivity contribution >= 4 is 41.0 Å². The Morgan fingerprint density at radius 2 is 1.21 bits per heavy atom. The molecule has 0 saturated heterocycles. The molecule has 0 spiro atoms. The van der Waals surface area contributed by atoms with Crippen molar-refractivity contribution in [3.05, 3.63) is 96.1 Å². The highest BCUT2D eigenvalue weighted by Gasteiger charge is 2.10. The van der Waals surface area contributed by atoms with Crippen molar-refractivity contribution in [2.24, 2.45) is 0 Å². The smallest absolute Gasteiger partial charge is 0.337 e. The van der Waals surface area contributed by atoms with Crippen molar-refractivity contribution in [1.29, 1.82) is 0 Å². The summed E-state index contributed by atoms with van der Waals surface area (Å²) in [6, 6.07) is 25.6. The average molecular weight is 571 g/mol. The molecule has 3 aromatic carbocycles. The third-order valence-corrected chi connectivity index (χ3v) is 5.92. The Hall–Kier alpha value is -4.87. The van der Waals surface area contributed by atoms with Gasteiger partial charge in [-0.2, -0.15) is 15.0 Å². The highest BCUT2D eigenvalue weighted by molar-refractivity contribution is 5.95. The monoisotopic (exact) mass is 570 g/mol. The molecule has 0 aliphatic carbocycles. The molecule has 42 heavy (non-hydrogen) atoms. The quantitative estimate of drug-likeness (QED) is 0.0872. The Kier molecular flexibility index (Phi) is 11.8. The lowest BCUT2D eigenvalue weighted by Gasteiger charge is -2.12. The standard InChI is InChI=1S/C31H34N6O5/c1-40-28(39)24-14-16-26(17-15-24)34-31-36-29(35-30(37-31)33-25-11-6-3-7-12-25)32-18-20-42-22-21-41-19-8-13-27(38)23-9-4-2-5-10-23/h2-7,9-12,14-17H,8,13,18-22H2,1H3,(H3,32,33,34,35,36,37). The van der Waals surface area contributed by atoms with Gasteiger partial charge in [-0.25, -0.2) is 4.79 Å². The summed E-state index contributed by atoms with van der Waals surface area (Å²) in [5.41, 5.74) is 2.69. The third kappa shape index (κ3) is 9.95. The summed E-state index contributed by atoms with van der Waals surface area (Å²) >= 11 is 0. The number of aromatic nitrogens is 3. The third-order valence-electron chi connectivity index (χ3n) is 5.92. The van der Waals surface area contributed by atoms with Crippen LogP contribution in [0.3, 0.4) is 0 Å². The molecule has 0 atom stereocenters. The number of benzene rings is 3. The van der Waals surface area contributed by atoms with Crippen molar-refractivity contribution in [2.75, 3.05) is 56.0 Å². The Balaban J connectivity index is 1.22. The van der Waals surface area contributed by atoms with Crippen LogP contribution in [0.2, 0.25) is 0 Å². The number of carbonyl (C=O) groups excluding carboxylic acids is 2. The van der Waals surface area contributed by atoms with Gasteiger partial charge in [-0.05, 0) is 42.8 Å². The number of rotatable bonds is 17. The normalized spacial score (nSPS) is 10.6. The number of hydrogen-bond acceptors (Lipinski definition) is 11. The molecule has 0 fully saturated rings. The summed E-state index contributed by atoms with van der Waals surface area (Å²) in [5, 5.41) is 9.48. The second-order valence-electron chi connectivity index (χ2n) is 9.04. The van der Waals surface area contributed by atoms with E-state index < -0.39 is 5.97 Å². The number of anilines is 5. The van der Waals surface area contributed by atoms with Crippen molar-refractivity contribution in [3.63, 3.8) is 0 Å². The second kappa shape index (κ2) is 16.4. The molecule has 0 radical (unpaired) electrons. The summed E-state index contributed by atoms with van der Waals surface area (Å²) in [5.74, 6) is 0.743. The Morgan fingerprint density at radius 1 is 0.643 bits per heavy atom. The average Bonchev–Trinajstić information content (AvgIpc) is 3.02. The molecule has 11 heteroatoms. The largest absolute Gasteiger partial charge is 0.465 e. The van der Waals surface area contributed by atoms with Gasteiger partial charge in [0.2, 0.25) is 17.8 Å². The number of nitrogens with one attached hydrogen (secondary N) is 3. The first kappa shape index (κ1) is 30.1. The summed E-state index contributed by atoms with van der Waals surface area (Å²) in [6.07, 6.45) is 1.12. The molecular weight excluding hydrogens is 536 g/mol. The lowest BCUT2D eigenvalue weighted by atomic mass is 10.1. The predicted octanol–water partition coefficient (Wildman–Crippen LogP) is 5.25. The highest BCUT2D eigenvalue weighted by atomic mass is 16.5. The minimum atomic E-state index is -0.411. The molecular formula is C31H34N6O5. The fourth-order valence-corrected chi connectivity index (χ4v) is 3.81. The molecule has 4 aromatic rings. The first-order valence-corrected chi connectivity index (χ1v) is 13.6. The topological polar surface area (TPSA) is 137 Å². The molecule has 0 bridgehead atoms. The molecule has 11 nitrogen and oxygen atoms in total. The van der Waals surface area contributed by atoms with Gasteiger partial charge in [0, 0.05) is 36.5 Å². The van der Waals surface area contributed by atoms with Crippen LogP contribution in [0, 0.1) is 0 Å². The maximum absolute atomic E-state index is 12.1. The molecule has 1 aromatic heterocycles.